The monoisotopic (exact) mass is 382 g/mol. The van der Waals surface area contributed by atoms with Crippen LogP contribution in [0.4, 0.5) is 0 Å². The van der Waals surface area contributed by atoms with Gasteiger partial charge in [-0.25, -0.2) is 8.42 Å². The molecule has 0 saturated carbocycles. The molecule has 23 heavy (non-hydrogen) atoms. The van der Waals surface area contributed by atoms with Gasteiger partial charge in [0, 0.05) is 13.6 Å². The van der Waals surface area contributed by atoms with Gasteiger partial charge in [0.15, 0.2) is 6.61 Å². The van der Waals surface area contributed by atoms with Crippen LogP contribution in [0.25, 0.3) is 0 Å². The van der Waals surface area contributed by atoms with Crippen molar-refractivity contribution in [2.24, 2.45) is 5.92 Å². The van der Waals surface area contributed by atoms with Gasteiger partial charge in [-0.05, 0) is 18.1 Å². The molecule has 0 bridgehead atoms. The summed E-state index contributed by atoms with van der Waals surface area (Å²) in [5, 5.41) is 2.59. The highest BCUT2D eigenvalue weighted by atomic mass is 35.5. The van der Waals surface area contributed by atoms with Gasteiger partial charge >= 0.3 is 5.97 Å². The molecule has 1 N–H and O–H groups in total. The topological polar surface area (TPSA) is 92.8 Å². The number of likely N-dealkylation sites (N-methyl/N-ethyl adjacent to an activating group) is 1. The summed E-state index contributed by atoms with van der Waals surface area (Å²) >= 11 is 6.61. The maximum Gasteiger partial charge on any atom is 0.321 e. The van der Waals surface area contributed by atoms with Crippen LogP contribution in [0.15, 0.2) is 16.3 Å². The molecule has 1 aromatic rings. The molecule has 0 unspecified atom stereocenters. The van der Waals surface area contributed by atoms with E-state index < -0.39 is 35.1 Å². The molecule has 0 aliphatic rings. The van der Waals surface area contributed by atoms with Crippen LogP contribution in [0.1, 0.15) is 13.8 Å². The summed E-state index contributed by atoms with van der Waals surface area (Å²) < 4.78 is 30.4. The number of ether oxygens (including phenoxy) is 1. The van der Waals surface area contributed by atoms with E-state index in [1.165, 1.54) is 19.2 Å². The van der Waals surface area contributed by atoms with E-state index in [1.54, 1.807) is 0 Å². The highest BCUT2D eigenvalue weighted by Gasteiger charge is 2.25. The normalized spacial score (nSPS) is 11.7. The van der Waals surface area contributed by atoms with E-state index in [-0.39, 0.29) is 10.1 Å². The third-order valence-electron chi connectivity index (χ3n) is 2.64. The minimum absolute atomic E-state index is 0.0347. The summed E-state index contributed by atoms with van der Waals surface area (Å²) in [5.41, 5.74) is 0. The molecule has 0 fully saturated rings. The summed E-state index contributed by atoms with van der Waals surface area (Å²) in [6.45, 7) is 3.41. The number of hydrogen-bond donors (Lipinski definition) is 1. The van der Waals surface area contributed by atoms with Crippen molar-refractivity contribution >= 4 is 44.8 Å². The Labute approximate surface area is 144 Å². The average molecular weight is 383 g/mol. The van der Waals surface area contributed by atoms with Crippen LogP contribution in [0.5, 0.6) is 0 Å². The Morgan fingerprint density at radius 1 is 1.39 bits per heavy atom. The molecule has 0 saturated heterocycles. The van der Waals surface area contributed by atoms with Crippen molar-refractivity contribution in [3.8, 4) is 0 Å². The molecular weight excluding hydrogens is 364 g/mol. The largest absolute Gasteiger partial charge is 0.455 e. The molecule has 1 amide bonds. The number of nitrogens with zero attached hydrogens (tertiary/aromatic N) is 1. The number of sulfonamides is 1. The molecule has 0 aliphatic carbocycles. The van der Waals surface area contributed by atoms with Crippen molar-refractivity contribution in [1.82, 2.24) is 9.62 Å². The van der Waals surface area contributed by atoms with Gasteiger partial charge in [-0.15, -0.1) is 11.3 Å². The molecule has 130 valence electrons. The predicted molar refractivity (Wildman–Crippen MR) is 88.0 cm³/mol. The molecule has 10 heteroatoms. The molecule has 1 aromatic heterocycles. The third-order valence-corrected chi connectivity index (χ3v) is 6.14. The van der Waals surface area contributed by atoms with Gasteiger partial charge in [0.05, 0.1) is 4.34 Å². The third kappa shape index (κ3) is 6.46. The lowest BCUT2D eigenvalue weighted by molar-refractivity contribution is -0.148. The first kappa shape index (κ1) is 19.9. The average Bonchev–Trinajstić information content (AvgIpc) is 2.90. The lowest BCUT2D eigenvalue weighted by Gasteiger charge is -2.15. The number of nitrogens with one attached hydrogen (secondary N) is 1. The van der Waals surface area contributed by atoms with Gasteiger partial charge in [0.2, 0.25) is 0 Å². The Bertz CT molecular complexity index is 657. The molecule has 1 rings (SSSR count). The van der Waals surface area contributed by atoms with Gasteiger partial charge in [-0.2, -0.15) is 4.31 Å². The Kier molecular flexibility index (Phi) is 7.46. The van der Waals surface area contributed by atoms with Crippen molar-refractivity contribution < 1.29 is 22.7 Å². The number of esters is 1. The van der Waals surface area contributed by atoms with E-state index in [4.69, 9.17) is 16.3 Å². The smallest absolute Gasteiger partial charge is 0.321 e. The molecule has 0 aliphatic heterocycles. The quantitative estimate of drug-likeness (QED) is 0.685. The first-order valence-corrected chi connectivity index (χ1v) is 9.40. The van der Waals surface area contributed by atoms with Gasteiger partial charge < -0.3 is 10.1 Å². The Hall–Kier alpha value is -1.16. The van der Waals surface area contributed by atoms with Gasteiger partial charge in [0.1, 0.15) is 10.8 Å². The number of amides is 1. The fourth-order valence-electron chi connectivity index (χ4n) is 1.42. The van der Waals surface area contributed by atoms with Crippen molar-refractivity contribution in [1.29, 1.82) is 0 Å². The minimum Gasteiger partial charge on any atom is -0.455 e. The van der Waals surface area contributed by atoms with Gasteiger partial charge in [-0.3, -0.25) is 9.59 Å². The van der Waals surface area contributed by atoms with Crippen molar-refractivity contribution in [2.75, 3.05) is 26.7 Å². The standard InChI is InChI=1S/C13H19ClN2O5S2/c1-9(2)6-15-11(17)8-21-12(18)7-16(3)23(19,20)13-5-4-10(14)22-13/h4-5,9H,6-8H2,1-3H3,(H,15,17). The maximum atomic E-state index is 12.2. The summed E-state index contributed by atoms with van der Waals surface area (Å²) in [6.07, 6.45) is 0. The van der Waals surface area contributed by atoms with Crippen molar-refractivity contribution in [2.45, 2.75) is 18.1 Å². The van der Waals surface area contributed by atoms with E-state index in [2.05, 4.69) is 5.32 Å². The first-order chi connectivity index (χ1) is 10.6. The van der Waals surface area contributed by atoms with Crippen LogP contribution in [0.3, 0.4) is 0 Å². The van der Waals surface area contributed by atoms with Crippen LogP contribution in [-0.4, -0.2) is 51.3 Å². The second-order valence-electron chi connectivity index (χ2n) is 5.18. The van der Waals surface area contributed by atoms with Crippen molar-refractivity contribution in [3.05, 3.63) is 16.5 Å². The number of hydrogen-bond acceptors (Lipinski definition) is 6. The maximum absolute atomic E-state index is 12.2. The lowest BCUT2D eigenvalue weighted by Crippen LogP contribution is -2.35. The second kappa shape index (κ2) is 8.62. The van der Waals surface area contributed by atoms with Crippen LogP contribution >= 0.6 is 22.9 Å². The zero-order chi connectivity index (χ0) is 17.6. The SMILES string of the molecule is CC(C)CNC(=O)COC(=O)CN(C)S(=O)(=O)c1ccc(Cl)s1. The fraction of sp³-hybridized carbons (Fsp3) is 0.538. The minimum atomic E-state index is -3.81. The molecule has 0 aromatic carbocycles. The van der Waals surface area contributed by atoms with E-state index in [9.17, 15) is 18.0 Å². The molecule has 0 radical (unpaired) electrons. The van der Waals surface area contributed by atoms with E-state index in [0.717, 1.165) is 15.6 Å². The Morgan fingerprint density at radius 3 is 2.57 bits per heavy atom. The van der Waals surface area contributed by atoms with E-state index in [1.807, 2.05) is 13.8 Å². The lowest BCUT2D eigenvalue weighted by atomic mass is 10.2. The molecule has 0 atom stereocenters. The van der Waals surface area contributed by atoms with Crippen LogP contribution in [0.2, 0.25) is 4.34 Å². The Morgan fingerprint density at radius 2 is 2.04 bits per heavy atom. The predicted octanol–water partition coefficient (Wildman–Crippen LogP) is 1.34. The summed E-state index contributed by atoms with van der Waals surface area (Å²) in [4.78, 5) is 23.1. The number of thiophene rings is 1. The van der Waals surface area contributed by atoms with E-state index >= 15 is 0 Å². The number of carbonyl (C=O) groups excluding carboxylic acids is 2. The second-order valence-corrected chi connectivity index (χ2v) is 9.17. The van der Waals surface area contributed by atoms with Gasteiger partial charge in [0.25, 0.3) is 15.9 Å². The van der Waals surface area contributed by atoms with Gasteiger partial charge in [-0.1, -0.05) is 25.4 Å². The molecule has 7 nitrogen and oxygen atoms in total. The van der Waals surface area contributed by atoms with E-state index in [0.29, 0.717) is 10.9 Å². The number of halogens is 1. The number of carbonyl (C=O) groups is 2. The molecular formula is C13H19ClN2O5S2. The zero-order valence-electron chi connectivity index (χ0n) is 13.0. The summed E-state index contributed by atoms with van der Waals surface area (Å²) in [5.74, 6) is -0.954. The van der Waals surface area contributed by atoms with Crippen LogP contribution < -0.4 is 5.32 Å². The Balaban J connectivity index is 2.49. The highest BCUT2D eigenvalue weighted by molar-refractivity contribution is 7.91. The number of rotatable bonds is 8. The summed E-state index contributed by atoms with van der Waals surface area (Å²) in [7, 11) is -2.55. The zero-order valence-corrected chi connectivity index (χ0v) is 15.4. The molecule has 1 heterocycles. The van der Waals surface area contributed by atoms with Crippen LogP contribution in [-0.2, 0) is 24.3 Å². The van der Waals surface area contributed by atoms with Crippen LogP contribution in [0, 0.1) is 5.92 Å². The summed E-state index contributed by atoms with van der Waals surface area (Å²) in [6, 6.07) is 2.83. The highest BCUT2D eigenvalue weighted by Crippen LogP contribution is 2.27. The van der Waals surface area contributed by atoms with Crippen molar-refractivity contribution in [3.63, 3.8) is 0 Å². The molecule has 0 spiro atoms. The fourth-order valence-corrected chi connectivity index (χ4v) is 4.23. The first-order valence-electron chi connectivity index (χ1n) is 6.77.